The summed E-state index contributed by atoms with van der Waals surface area (Å²) in [5, 5.41) is 0.761. The summed E-state index contributed by atoms with van der Waals surface area (Å²) in [6, 6.07) is 0. The molecule has 1 unspecified atom stereocenters. The summed E-state index contributed by atoms with van der Waals surface area (Å²) < 4.78 is 2.10. The zero-order valence-corrected chi connectivity index (χ0v) is 9.46. The fraction of sp³-hybridized carbons (Fsp3) is 0.700. The number of likely N-dealkylation sites (N-methyl/N-ethyl adjacent to an activating group) is 1. The molecule has 2 rings (SSSR count). The van der Waals surface area contributed by atoms with Crippen LogP contribution >= 0.6 is 11.6 Å². The molecule has 0 aromatic carbocycles. The highest BCUT2D eigenvalue weighted by atomic mass is 35.5. The van der Waals surface area contributed by atoms with Crippen molar-refractivity contribution in [3.63, 3.8) is 0 Å². The SMILES string of the molecule is CCn1c(Cl)cnc1C1CCN(C)C1. The molecule has 0 aliphatic carbocycles. The molecule has 1 aromatic heterocycles. The third kappa shape index (κ3) is 1.66. The first-order valence-electron chi connectivity index (χ1n) is 5.11. The number of nitrogens with zero attached hydrogens (tertiary/aromatic N) is 3. The van der Waals surface area contributed by atoms with Crippen LogP contribution in [0.1, 0.15) is 25.1 Å². The van der Waals surface area contributed by atoms with Crippen molar-refractivity contribution >= 4 is 11.6 Å². The van der Waals surface area contributed by atoms with Crippen LogP contribution < -0.4 is 0 Å². The van der Waals surface area contributed by atoms with Gasteiger partial charge in [-0.2, -0.15) is 0 Å². The summed E-state index contributed by atoms with van der Waals surface area (Å²) in [4.78, 5) is 6.75. The zero-order valence-electron chi connectivity index (χ0n) is 8.70. The van der Waals surface area contributed by atoms with Gasteiger partial charge in [0.05, 0.1) is 6.20 Å². The Balaban J connectivity index is 2.23. The molecule has 1 aliphatic heterocycles. The lowest BCUT2D eigenvalue weighted by molar-refractivity contribution is 0.408. The number of halogens is 1. The molecule has 3 nitrogen and oxygen atoms in total. The molecule has 1 atom stereocenters. The molecule has 0 N–H and O–H groups in total. The van der Waals surface area contributed by atoms with Crippen molar-refractivity contribution < 1.29 is 0 Å². The van der Waals surface area contributed by atoms with Crippen LogP contribution in [0.4, 0.5) is 0 Å². The normalized spacial score (nSPS) is 23.2. The van der Waals surface area contributed by atoms with Gasteiger partial charge >= 0.3 is 0 Å². The molecule has 0 radical (unpaired) electrons. The Morgan fingerprint density at radius 3 is 3.00 bits per heavy atom. The third-order valence-corrected chi connectivity index (χ3v) is 3.21. The van der Waals surface area contributed by atoms with Gasteiger partial charge in [-0.1, -0.05) is 11.6 Å². The van der Waals surface area contributed by atoms with Crippen LogP contribution in [0.3, 0.4) is 0 Å². The number of rotatable bonds is 2. The summed E-state index contributed by atoms with van der Waals surface area (Å²) in [5.74, 6) is 1.72. The maximum atomic E-state index is 6.05. The first kappa shape index (κ1) is 9.99. The molecule has 1 aliphatic rings. The Hall–Kier alpha value is -0.540. The molecule has 1 fully saturated rings. The summed E-state index contributed by atoms with van der Waals surface area (Å²) in [7, 11) is 2.15. The Morgan fingerprint density at radius 2 is 2.43 bits per heavy atom. The molecule has 78 valence electrons. The molecule has 0 spiro atoms. The lowest BCUT2D eigenvalue weighted by Gasteiger charge is -2.12. The number of aromatic nitrogens is 2. The van der Waals surface area contributed by atoms with E-state index in [2.05, 4.69) is 28.4 Å². The van der Waals surface area contributed by atoms with E-state index in [1.165, 1.54) is 13.0 Å². The minimum Gasteiger partial charge on any atom is -0.319 e. The van der Waals surface area contributed by atoms with Crippen molar-refractivity contribution in [1.29, 1.82) is 0 Å². The van der Waals surface area contributed by atoms with Crippen molar-refractivity contribution in [3.8, 4) is 0 Å². The van der Waals surface area contributed by atoms with Gasteiger partial charge in [-0.15, -0.1) is 0 Å². The summed E-state index contributed by atoms with van der Waals surface area (Å²) >= 11 is 6.05. The van der Waals surface area contributed by atoms with Gasteiger partial charge in [0.25, 0.3) is 0 Å². The van der Waals surface area contributed by atoms with E-state index in [0.29, 0.717) is 5.92 Å². The predicted octanol–water partition coefficient (Wildman–Crippen LogP) is 1.98. The van der Waals surface area contributed by atoms with E-state index in [1.54, 1.807) is 6.20 Å². The number of hydrogen-bond acceptors (Lipinski definition) is 2. The quantitative estimate of drug-likeness (QED) is 0.749. The van der Waals surface area contributed by atoms with Crippen LogP contribution in [0.15, 0.2) is 6.20 Å². The standard InChI is InChI=1S/C10H16ClN3/c1-3-14-9(11)6-12-10(14)8-4-5-13(2)7-8/h6,8H,3-5,7H2,1-2H3. The summed E-state index contributed by atoms with van der Waals surface area (Å²) in [6.45, 7) is 5.29. The average Bonchev–Trinajstić information content (AvgIpc) is 2.71. The summed E-state index contributed by atoms with van der Waals surface area (Å²) in [6.07, 6.45) is 2.96. The van der Waals surface area contributed by atoms with E-state index in [0.717, 1.165) is 24.1 Å². The second-order valence-electron chi connectivity index (χ2n) is 3.93. The van der Waals surface area contributed by atoms with Crippen molar-refractivity contribution in [1.82, 2.24) is 14.5 Å². The van der Waals surface area contributed by atoms with E-state index in [4.69, 9.17) is 11.6 Å². The van der Waals surface area contributed by atoms with Crippen LogP contribution in [0.25, 0.3) is 0 Å². The van der Waals surface area contributed by atoms with Crippen molar-refractivity contribution in [2.24, 2.45) is 0 Å². The second kappa shape index (κ2) is 3.91. The molecule has 0 bridgehead atoms. The van der Waals surface area contributed by atoms with Crippen LogP contribution in [0, 0.1) is 0 Å². The molecule has 0 saturated carbocycles. The van der Waals surface area contributed by atoms with Crippen molar-refractivity contribution in [2.45, 2.75) is 25.8 Å². The lowest BCUT2D eigenvalue weighted by Crippen LogP contribution is -2.15. The second-order valence-corrected chi connectivity index (χ2v) is 4.32. The smallest absolute Gasteiger partial charge is 0.128 e. The fourth-order valence-corrected chi connectivity index (χ4v) is 2.41. The molecule has 14 heavy (non-hydrogen) atoms. The van der Waals surface area contributed by atoms with Gasteiger partial charge in [0.15, 0.2) is 0 Å². The number of imidazole rings is 1. The maximum absolute atomic E-state index is 6.05. The van der Waals surface area contributed by atoms with E-state index in [1.807, 2.05) is 0 Å². The van der Waals surface area contributed by atoms with Crippen LogP contribution in [-0.2, 0) is 6.54 Å². The number of hydrogen-bond donors (Lipinski definition) is 0. The Kier molecular flexibility index (Phi) is 2.79. The van der Waals surface area contributed by atoms with Gasteiger partial charge in [-0.3, -0.25) is 0 Å². The van der Waals surface area contributed by atoms with Gasteiger partial charge in [0.2, 0.25) is 0 Å². The van der Waals surface area contributed by atoms with Gasteiger partial charge in [-0.25, -0.2) is 4.98 Å². The molecular formula is C10H16ClN3. The van der Waals surface area contributed by atoms with Crippen LogP contribution in [-0.4, -0.2) is 34.6 Å². The Labute approximate surface area is 89.7 Å². The average molecular weight is 214 g/mol. The lowest BCUT2D eigenvalue weighted by atomic mass is 10.1. The van der Waals surface area contributed by atoms with Gasteiger partial charge in [0, 0.05) is 19.0 Å². The van der Waals surface area contributed by atoms with E-state index in [9.17, 15) is 0 Å². The monoisotopic (exact) mass is 213 g/mol. The van der Waals surface area contributed by atoms with E-state index >= 15 is 0 Å². The van der Waals surface area contributed by atoms with Crippen LogP contribution in [0.5, 0.6) is 0 Å². The van der Waals surface area contributed by atoms with Crippen molar-refractivity contribution in [2.75, 3.05) is 20.1 Å². The third-order valence-electron chi connectivity index (χ3n) is 2.91. The minimum atomic E-state index is 0.562. The Morgan fingerprint density at radius 1 is 1.64 bits per heavy atom. The molecule has 2 heterocycles. The number of likely N-dealkylation sites (tertiary alicyclic amines) is 1. The minimum absolute atomic E-state index is 0.562. The van der Waals surface area contributed by atoms with Crippen molar-refractivity contribution in [3.05, 3.63) is 17.2 Å². The van der Waals surface area contributed by atoms with Gasteiger partial charge < -0.3 is 9.47 Å². The molecule has 4 heteroatoms. The predicted molar refractivity (Wildman–Crippen MR) is 57.8 cm³/mol. The summed E-state index contributed by atoms with van der Waals surface area (Å²) in [5.41, 5.74) is 0. The largest absolute Gasteiger partial charge is 0.319 e. The van der Waals surface area contributed by atoms with Gasteiger partial charge in [-0.05, 0) is 26.9 Å². The van der Waals surface area contributed by atoms with E-state index < -0.39 is 0 Å². The van der Waals surface area contributed by atoms with Gasteiger partial charge in [0.1, 0.15) is 11.0 Å². The fourth-order valence-electron chi connectivity index (χ4n) is 2.15. The maximum Gasteiger partial charge on any atom is 0.128 e. The highest BCUT2D eigenvalue weighted by Crippen LogP contribution is 2.27. The highest BCUT2D eigenvalue weighted by Gasteiger charge is 2.25. The molecule has 0 amide bonds. The first-order chi connectivity index (χ1) is 6.72. The van der Waals surface area contributed by atoms with E-state index in [-0.39, 0.29) is 0 Å². The molecule has 1 saturated heterocycles. The Bertz CT molecular complexity index is 321. The molecule has 1 aromatic rings. The molecular weight excluding hydrogens is 198 g/mol. The zero-order chi connectivity index (χ0) is 10.1. The highest BCUT2D eigenvalue weighted by molar-refractivity contribution is 6.29. The van der Waals surface area contributed by atoms with Crippen LogP contribution in [0.2, 0.25) is 5.15 Å². The first-order valence-corrected chi connectivity index (χ1v) is 5.49. The topological polar surface area (TPSA) is 21.1 Å².